The van der Waals surface area contributed by atoms with Crippen LogP contribution in [0, 0.1) is 0 Å². The van der Waals surface area contributed by atoms with E-state index in [9.17, 15) is 9.59 Å². The maximum atomic E-state index is 12.2. The molecular formula is C15H10O3. The molecule has 1 aliphatic rings. The van der Waals surface area contributed by atoms with Crippen molar-refractivity contribution < 1.29 is 14.3 Å². The quantitative estimate of drug-likeness (QED) is 0.596. The zero-order chi connectivity index (χ0) is 12.5. The minimum absolute atomic E-state index is 0.264. The van der Waals surface area contributed by atoms with Gasteiger partial charge in [0, 0.05) is 5.56 Å². The van der Waals surface area contributed by atoms with Crippen molar-refractivity contribution in [2.24, 2.45) is 0 Å². The molecule has 0 amide bonds. The van der Waals surface area contributed by atoms with Crippen LogP contribution >= 0.6 is 0 Å². The van der Waals surface area contributed by atoms with Gasteiger partial charge in [-0.2, -0.15) is 0 Å². The van der Waals surface area contributed by atoms with Crippen LogP contribution in [0.15, 0.2) is 54.6 Å². The van der Waals surface area contributed by atoms with E-state index in [1.54, 1.807) is 48.5 Å². The lowest BCUT2D eigenvalue weighted by atomic mass is 10.0. The van der Waals surface area contributed by atoms with E-state index in [1.807, 2.05) is 6.07 Å². The molecule has 0 radical (unpaired) electrons. The summed E-state index contributed by atoms with van der Waals surface area (Å²) >= 11 is 0. The first kappa shape index (κ1) is 10.7. The Bertz CT molecular complexity index is 617. The number of rotatable bonds is 2. The molecular weight excluding hydrogens is 228 g/mol. The summed E-state index contributed by atoms with van der Waals surface area (Å²) in [7, 11) is 0. The van der Waals surface area contributed by atoms with Gasteiger partial charge in [0.2, 0.25) is 17.7 Å². The van der Waals surface area contributed by atoms with Crippen LogP contribution in [0.25, 0.3) is 0 Å². The van der Waals surface area contributed by atoms with E-state index < -0.39 is 6.10 Å². The first-order chi connectivity index (χ1) is 8.77. The van der Waals surface area contributed by atoms with Gasteiger partial charge >= 0.3 is 0 Å². The maximum absolute atomic E-state index is 12.2. The van der Waals surface area contributed by atoms with Gasteiger partial charge in [-0.1, -0.05) is 42.5 Å². The molecule has 3 nitrogen and oxygen atoms in total. The van der Waals surface area contributed by atoms with E-state index in [1.165, 1.54) is 0 Å². The molecule has 3 heteroatoms. The topological polar surface area (TPSA) is 43.4 Å². The zero-order valence-electron chi connectivity index (χ0n) is 9.50. The second-order valence-corrected chi connectivity index (χ2v) is 4.09. The number of ether oxygens (including phenoxy) is 1. The second-order valence-electron chi connectivity index (χ2n) is 4.09. The van der Waals surface area contributed by atoms with Crippen LogP contribution in [0.5, 0.6) is 5.75 Å². The van der Waals surface area contributed by atoms with Crippen LogP contribution in [-0.2, 0) is 0 Å². The van der Waals surface area contributed by atoms with Crippen molar-refractivity contribution in [1.29, 1.82) is 0 Å². The monoisotopic (exact) mass is 238 g/mol. The number of carbonyl (C=O) groups is 2. The number of para-hydroxylation sites is 1. The molecule has 18 heavy (non-hydrogen) atoms. The van der Waals surface area contributed by atoms with Crippen LogP contribution in [-0.4, -0.2) is 17.7 Å². The summed E-state index contributed by atoms with van der Waals surface area (Å²) in [6.45, 7) is 0. The maximum Gasteiger partial charge on any atom is 0.224 e. The van der Waals surface area contributed by atoms with Gasteiger partial charge in [-0.15, -0.1) is 0 Å². The Morgan fingerprint density at radius 2 is 1.61 bits per heavy atom. The molecule has 0 saturated heterocycles. The average Bonchev–Trinajstić information content (AvgIpc) is 2.77. The predicted molar refractivity (Wildman–Crippen MR) is 66.0 cm³/mol. The van der Waals surface area contributed by atoms with Gasteiger partial charge in [-0.05, 0) is 12.1 Å². The standard InChI is InChI=1S/C15H10O3/c16-13(10-6-2-1-3-7-10)15-14(17)11-8-4-5-9-12(11)18-15/h1-9,15H/t15-/m1/s1. The molecule has 0 unspecified atom stereocenters. The van der Waals surface area contributed by atoms with Crippen molar-refractivity contribution in [1.82, 2.24) is 0 Å². The molecule has 1 atom stereocenters. The predicted octanol–water partition coefficient (Wildman–Crippen LogP) is 2.51. The normalized spacial score (nSPS) is 17.1. The van der Waals surface area contributed by atoms with Crippen LogP contribution in [0.2, 0.25) is 0 Å². The van der Waals surface area contributed by atoms with E-state index in [2.05, 4.69) is 0 Å². The number of ketones is 2. The first-order valence-corrected chi connectivity index (χ1v) is 5.66. The molecule has 0 saturated carbocycles. The number of Topliss-reactive ketones (excluding diaryl/α,β-unsaturated/α-hetero) is 2. The van der Waals surface area contributed by atoms with Crippen molar-refractivity contribution >= 4 is 11.6 Å². The third-order valence-electron chi connectivity index (χ3n) is 2.93. The third-order valence-corrected chi connectivity index (χ3v) is 2.93. The highest BCUT2D eigenvalue weighted by Gasteiger charge is 2.37. The minimum atomic E-state index is -1.04. The third kappa shape index (κ3) is 1.61. The van der Waals surface area contributed by atoms with Crippen LogP contribution in [0.3, 0.4) is 0 Å². The average molecular weight is 238 g/mol. The molecule has 0 aliphatic carbocycles. The molecule has 2 aromatic rings. The Balaban J connectivity index is 1.94. The fraction of sp³-hybridized carbons (Fsp3) is 0.0667. The number of hydrogen-bond donors (Lipinski definition) is 0. The van der Waals surface area contributed by atoms with Gasteiger partial charge in [0.05, 0.1) is 5.56 Å². The molecule has 88 valence electrons. The molecule has 3 rings (SSSR count). The Labute approximate surface area is 104 Å². The largest absolute Gasteiger partial charge is 0.473 e. The Morgan fingerprint density at radius 3 is 2.33 bits per heavy atom. The van der Waals surface area contributed by atoms with Gasteiger partial charge in [-0.25, -0.2) is 0 Å². The molecule has 0 bridgehead atoms. The highest BCUT2D eigenvalue weighted by Crippen LogP contribution is 2.29. The zero-order valence-corrected chi connectivity index (χ0v) is 9.50. The lowest BCUT2D eigenvalue weighted by Crippen LogP contribution is -2.30. The van der Waals surface area contributed by atoms with Crippen molar-refractivity contribution in [2.45, 2.75) is 6.10 Å². The molecule has 0 spiro atoms. The Morgan fingerprint density at radius 1 is 0.944 bits per heavy atom. The van der Waals surface area contributed by atoms with Gasteiger partial charge in [0.1, 0.15) is 5.75 Å². The van der Waals surface area contributed by atoms with Crippen LogP contribution < -0.4 is 4.74 Å². The summed E-state index contributed by atoms with van der Waals surface area (Å²) in [5.74, 6) is -0.0759. The van der Waals surface area contributed by atoms with Gasteiger partial charge in [0.15, 0.2) is 0 Å². The Kier molecular flexibility index (Phi) is 2.45. The van der Waals surface area contributed by atoms with Gasteiger partial charge in [0.25, 0.3) is 0 Å². The summed E-state index contributed by atoms with van der Waals surface area (Å²) < 4.78 is 5.44. The molecule has 1 heterocycles. The number of benzene rings is 2. The van der Waals surface area contributed by atoms with E-state index in [0.29, 0.717) is 16.9 Å². The van der Waals surface area contributed by atoms with Crippen molar-refractivity contribution in [3.63, 3.8) is 0 Å². The highest BCUT2D eigenvalue weighted by atomic mass is 16.5. The fourth-order valence-electron chi connectivity index (χ4n) is 2.02. The first-order valence-electron chi connectivity index (χ1n) is 5.66. The van der Waals surface area contributed by atoms with Crippen molar-refractivity contribution in [3.05, 3.63) is 65.7 Å². The van der Waals surface area contributed by atoms with Crippen molar-refractivity contribution in [2.75, 3.05) is 0 Å². The molecule has 2 aromatic carbocycles. The summed E-state index contributed by atoms with van der Waals surface area (Å²) in [6.07, 6.45) is -1.04. The summed E-state index contributed by atoms with van der Waals surface area (Å²) in [5, 5.41) is 0. The van der Waals surface area contributed by atoms with Crippen LogP contribution in [0.1, 0.15) is 20.7 Å². The molecule has 0 fully saturated rings. The molecule has 0 N–H and O–H groups in total. The highest BCUT2D eigenvalue weighted by molar-refractivity contribution is 6.21. The fourth-order valence-corrected chi connectivity index (χ4v) is 2.02. The van der Waals surface area contributed by atoms with Gasteiger partial charge < -0.3 is 4.74 Å². The lowest BCUT2D eigenvalue weighted by molar-refractivity contribution is 0.0720. The molecule has 0 aromatic heterocycles. The van der Waals surface area contributed by atoms with E-state index in [-0.39, 0.29) is 11.6 Å². The summed E-state index contributed by atoms with van der Waals surface area (Å²) in [4.78, 5) is 24.2. The second kappa shape index (κ2) is 4.11. The van der Waals surface area contributed by atoms with E-state index in [0.717, 1.165) is 0 Å². The number of hydrogen-bond acceptors (Lipinski definition) is 3. The number of carbonyl (C=O) groups excluding carboxylic acids is 2. The lowest BCUT2D eigenvalue weighted by Gasteiger charge is -2.07. The van der Waals surface area contributed by atoms with Crippen LogP contribution in [0.4, 0.5) is 0 Å². The SMILES string of the molecule is O=C(c1ccccc1)[C@H]1Oc2ccccc2C1=O. The Hall–Kier alpha value is -2.42. The summed E-state index contributed by atoms with van der Waals surface area (Å²) in [6, 6.07) is 15.6. The smallest absolute Gasteiger partial charge is 0.224 e. The molecule has 1 aliphatic heterocycles. The van der Waals surface area contributed by atoms with Crippen molar-refractivity contribution in [3.8, 4) is 5.75 Å². The van der Waals surface area contributed by atoms with E-state index in [4.69, 9.17) is 4.74 Å². The summed E-state index contributed by atoms with van der Waals surface area (Å²) in [5.41, 5.74) is 0.968. The van der Waals surface area contributed by atoms with Gasteiger partial charge in [-0.3, -0.25) is 9.59 Å². The minimum Gasteiger partial charge on any atom is -0.473 e. The van der Waals surface area contributed by atoms with E-state index >= 15 is 0 Å². The number of fused-ring (bicyclic) bond motifs is 1.